The van der Waals surface area contributed by atoms with Gasteiger partial charge in [0, 0.05) is 5.92 Å². The van der Waals surface area contributed by atoms with E-state index in [4.69, 9.17) is 4.74 Å². The molecule has 3 aromatic carbocycles. The minimum Gasteiger partial charge on any atom is -0.449 e. The van der Waals surface area contributed by atoms with Gasteiger partial charge in [-0.05, 0) is 33.7 Å². The normalized spacial score (nSPS) is 14.4. The van der Waals surface area contributed by atoms with Gasteiger partial charge >= 0.3 is 6.09 Å². The monoisotopic (exact) mass is 383 g/mol. The lowest BCUT2D eigenvalue weighted by molar-refractivity contribution is 0.137. The third kappa shape index (κ3) is 3.81. The molecule has 0 spiro atoms. The summed E-state index contributed by atoms with van der Waals surface area (Å²) in [6.45, 7) is 6.23. The minimum atomic E-state index is -0.408. The Labute approximate surface area is 172 Å². The van der Waals surface area contributed by atoms with Crippen LogP contribution in [-0.2, 0) is 4.74 Å². The molecule has 1 aliphatic rings. The molecule has 1 N–H and O–H groups in total. The summed E-state index contributed by atoms with van der Waals surface area (Å²) in [7, 11) is 0. The molecular formula is C26H25NO2. The van der Waals surface area contributed by atoms with Gasteiger partial charge in [-0.15, -0.1) is 6.58 Å². The van der Waals surface area contributed by atoms with E-state index in [0.717, 1.165) is 5.56 Å². The van der Waals surface area contributed by atoms with Crippen LogP contribution in [0, 0.1) is 5.92 Å². The van der Waals surface area contributed by atoms with E-state index in [1.165, 1.54) is 22.3 Å². The van der Waals surface area contributed by atoms with Crippen molar-refractivity contribution in [3.63, 3.8) is 0 Å². The van der Waals surface area contributed by atoms with Crippen LogP contribution in [0.5, 0.6) is 0 Å². The maximum Gasteiger partial charge on any atom is 0.407 e. The number of rotatable bonds is 6. The summed E-state index contributed by atoms with van der Waals surface area (Å²) in [6, 6.07) is 26.4. The van der Waals surface area contributed by atoms with Gasteiger partial charge in [-0.1, -0.05) is 91.9 Å². The third-order valence-electron chi connectivity index (χ3n) is 5.67. The van der Waals surface area contributed by atoms with Crippen LogP contribution in [0.15, 0.2) is 91.5 Å². The van der Waals surface area contributed by atoms with Crippen molar-refractivity contribution in [2.75, 3.05) is 6.61 Å². The smallest absolute Gasteiger partial charge is 0.407 e. The topological polar surface area (TPSA) is 38.3 Å². The zero-order valence-corrected chi connectivity index (χ0v) is 16.5. The van der Waals surface area contributed by atoms with Gasteiger partial charge in [0.05, 0.1) is 6.04 Å². The van der Waals surface area contributed by atoms with Crippen molar-refractivity contribution in [2.45, 2.75) is 18.9 Å². The van der Waals surface area contributed by atoms with E-state index in [1.54, 1.807) is 0 Å². The highest BCUT2D eigenvalue weighted by Crippen LogP contribution is 2.44. The van der Waals surface area contributed by atoms with Crippen molar-refractivity contribution in [3.05, 3.63) is 108 Å². The Hall–Kier alpha value is -3.33. The summed E-state index contributed by atoms with van der Waals surface area (Å²) in [5.41, 5.74) is 5.90. The van der Waals surface area contributed by atoms with Crippen LogP contribution in [-0.4, -0.2) is 12.7 Å². The van der Waals surface area contributed by atoms with Crippen LogP contribution in [0.2, 0.25) is 0 Å². The fourth-order valence-electron chi connectivity index (χ4n) is 4.08. The second-order valence-electron chi connectivity index (χ2n) is 7.45. The molecule has 2 atom stereocenters. The molecule has 0 aromatic heterocycles. The van der Waals surface area contributed by atoms with Crippen molar-refractivity contribution in [3.8, 4) is 11.1 Å². The minimum absolute atomic E-state index is 0.0557. The second-order valence-corrected chi connectivity index (χ2v) is 7.45. The summed E-state index contributed by atoms with van der Waals surface area (Å²) < 4.78 is 5.70. The fraction of sp³-hybridized carbons (Fsp3) is 0.192. The molecule has 3 heteroatoms. The number of alkyl carbamates (subject to hydrolysis) is 1. The van der Waals surface area contributed by atoms with Gasteiger partial charge in [0.2, 0.25) is 0 Å². The predicted molar refractivity (Wildman–Crippen MR) is 117 cm³/mol. The third-order valence-corrected chi connectivity index (χ3v) is 5.67. The maximum atomic E-state index is 12.7. The van der Waals surface area contributed by atoms with Crippen LogP contribution >= 0.6 is 0 Å². The SMILES string of the molecule is C=C[C@@H](C)[C@H](NC(=O)OCC1c2ccccc2-c2ccccc21)c1ccccc1. The number of benzene rings is 3. The largest absolute Gasteiger partial charge is 0.449 e. The Kier molecular flexibility index (Phi) is 5.48. The molecule has 0 bridgehead atoms. The van der Waals surface area contributed by atoms with Crippen LogP contribution in [0.4, 0.5) is 4.79 Å². The molecule has 3 nitrogen and oxygen atoms in total. The molecule has 0 aliphatic heterocycles. The lowest BCUT2D eigenvalue weighted by Gasteiger charge is -2.24. The van der Waals surface area contributed by atoms with Gasteiger partial charge < -0.3 is 10.1 Å². The van der Waals surface area contributed by atoms with Gasteiger partial charge in [0.1, 0.15) is 6.61 Å². The summed E-state index contributed by atoms with van der Waals surface area (Å²) in [4.78, 5) is 12.7. The summed E-state index contributed by atoms with van der Waals surface area (Å²) in [5, 5.41) is 3.02. The molecule has 3 aromatic rings. The highest BCUT2D eigenvalue weighted by molar-refractivity contribution is 5.79. The number of ether oxygens (including phenoxy) is 1. The second kappa shape index (κ2) is 8.36. The molecule has 0 radical (unpaired) electrons. The maximum absolute atomic E-state index is 12.7. The molecule has 4 rings (SSSR count). The van der Waals surface area contributed by atoms with Gasteiger partial charge in [-0.2, -0.15) is 0 Å². The first-order valence-electron chi connectivity index (χ1n) is 9.98. The van der Waals surface area contributed by atoms with Crippen molar-refractivity contribution in [1.29, 1.82) is 0 Å². The first kappa shape index (κ1) is 19.0. The predicted octanol–water partition coefficient (Wildman–Crippen LogP) is 6.09. The van der Waals surface area contributed by atoms with E-state index in [0.29, 0.717) is 6.61 Å². The summed E-state index contributed by atoms with van der Waals surface area (Å²) in [6.07, 6.45) is 1.44. The summed E-state index contributed by atoms with van der Waals surface area (Å²) >= 11 is 0. The Morgan fingerprint density at radius 3 is 2.10 bits per heavy atom. The van der Waals surface area contributed by atoms with Crippen LogP contribution in [0.1, 0.15) is 35.6 Å². The zero-order valence-electron chi connectivity index (χ0n) is 16.5. The van der Waals surface area contributed by atoms with E-state index in [2.05, 4.69) is 36.2 Å². The molecular weight excluding hydrogens is 358 g/mol. The van der Waals surface area contributed by atoms with Gasteiger partial charge in [-0.3, -0.25) is 0 Å². The first-order valence-corrected chi connectivity index (χ1v) is 9.98. The van der Waals surface area contributed by atoms with Gasteiger partial charge in [0.15, 0.2) is 0 Å². The molecule has 29 heavy (non-hydrogen) atoms. The Morgan fingerprint density at radius 2 is 1.52 bits per heavy atom. The number of hydrogen-bond acceptors (Lipinski definition) is 2. The number of nitrogens with one attached hydrogen (secondary N) is 1. The highest BCUT2D eigenvalue weighted by Gasteiger charge is 2.29. The summed E-state index contributed by atoms with van der Waals surface area (Å²) in [5.74, 6) is 0.137. The quantitative estimate of drug-likeness (QED) is 0.523. The van der Waals surface area contributed by atoms with E-state index in [9.17, 15) is 4.79 Å². The first-order chi connectivity index (χ1) is 14.2. The molecule has 1 amide bonds. The molecule has 0 saturated heterocycles. The lowest BCUT2D eigenvalue weighted by Crippen LogP contribution is -2.33. The fourth-order valence-corrected chi connectivity index (χ4v) is 4.08. The molecule has 1 aliphatic carbocycles. The number of carbonyl (C=O) groups excluding carboxylic acids is 1. The zero-order chi connectivity index (χ0) is 20.2. The molecule has 0 unspecified atom stereocenters. The van der Waals surface area contributed by atoms with Crippen molar-refractivity contribution < 1.29 is 9.53 Å². The van der Waals surface area contributed by atoms with E-state index >= 15 is 0 Å². The van der Waals surface area contributed by atoms with Crippen molar-refractivity contribution >= 4 is 6.09 Å². The van der Waals surface area contributed by atoms with Crippen LogP contribution < -0.4 is 5.32 Å². The molecule has 0 heterocycles. The van der Waals surface area contributed by atoms with Crippen LogP contribution in [0.3, 0.4) is 0 Å². The number of carbonyl (C=O) groups is 1. The van der Waals surface area contributed by atoms with E-state index in [1.807, 2.05) is 67.6 Å². The van der Waals surface area contributed by atoms with Gasteiger partial charge in [-0.25, -0.2) is 4.79 Å². The number of amides is 1. The highest BCUT2D eigenvalue weighted by atomic mass is 16.5. The van der Waals surface area contributed by atoms with Gasteiger partial charge in [0.25, 0.3) is 0 Å². The Balaban J connectivity index is 1.49. The van der Waals surface area contributed by atoms with E-state index in [-0.39, 0.29) is 17.9 Å². The average Bonchev–Trinajstić information content (AvgIpc) is 3.10. The molecule has 0 fully saturated rings. The lowest BCUT2D eigenvalue weighted by atomic mass is 9.95. The Morgan fingerprint density at radius 1 is 0.966 bits per heavy atom. The molecule has 0 saturated carbocycles. The van der Waals surface area contributed by atoms with Crippen molar-refractivity contribution in [1.82, 2.24) is 5.32 Å². The van der Waals surface area contributed by atoms with Crippen LogP contribution in [0.25, 0.3) is 11.1 Å². The number of fused-ring (bicyclic) bond motifs is 3. The van der Waals surface area contributed by atoms with Crippen molar-refractivity contribution in [2.24, 2.45) is 5.92 Å². The van der Waals surface area contributed by atoms with E-state index < -0.39 is 6.09 Å². The number of hydrogen-bond donors (Lipinski definition) is 1. The standard InChI is InChI=1S/C26H25NO2/c1-3-18(2)25(19-11-5-4-6-12-19)27-26(28)29-17-24-22-15-9-7-13-20(22)21-14-8-10-16-23(21)24/h3-16,18,24-25H,1,17H2,2H3,(H,27,28)/t18-,25+/m1/s1. The molecule has 146 valence electrons. The Bertz CT molecular complexity index is 966. The average molecular weight is 383 g/mol.